The molecule has 4 nitrogen and oxygen atoms in total. The van der Waals surface area contributed by atoms with Crippen molar-refractivity contribution in [2.75, 3.05) is 26.9 Å². The first-order valence-corrected chi connectivity index (χ1v) is 7.81. The number of aromatic nitrogens is 1. The van der Waals surface area contributed by atoms with E-state index in [0.29, 0.717) is 6.61 Å². The van der Waals surface area contributed by atoms with Gasteiger partial charge in [0.05, 0.1) is 13.2 Å². The summed E-state index contributed by atoms with van der Waals surface area (Å²) in [5, 5.41) is 3.35. The number of benzene rings is 1. The smallest absolute Gasteiger partial charge is 0.119 e. The molecule has 2 aromatic rings. The molecule has 0 aliphatic carbocycles. The third-order valence-corrected chi connectivity index (χ3v) is 3.66. The molecule has 0 radical (unpaired) electrons. The van der Waals surface area contributed by atoms with Crippen molar-refractivity contribution in [2.24, 2.45) is 0 Å². The molecule has 1 aromatic heterocycles. The Bertz CT molecular complexity index is 525. The second-order valence-corrected chi connectivity index (χ2v) is 5.58. The quantitative estimate of drug-likeness (QED) is 0.704. The van der Waals surface area contributed by atoms with E-state index < -0.39 is 0 Å². The van der Waals surface area contributed by atoms with Gasteiger partial charge in [-0.3, -0.25) is 0 Å². The normalized spacial score (nSPS) is 10.8. The number of hydrogen-bond donors (Lipinski definition) is 1. The highest BCUT2D eigenvalue weighted by molar-refractivity contribution is 9.10. The van der Waals surface area contributed by atoms with E-state index in [4.69, 9.17) is 9.47 Å². The Kier molecular flexibility index (Phi) is 6.79. The summed E-state index contributed by atoms with van der Waals surface area (Å²) in [5.74, 6) is 0.894. The SMILES string of the molecule is COCCNCc1cccn1CCOc1ccc(Br)cc1. The highest BCUT2D eigenvalue weighted by Gasteiger charge is 2.01. The molecule has 0 amide bonds. The Morgan fingerprint density at radius 1 is 1.14 bits per heavy atom. The van der Waals surface area contributed by atoms with Gasteiger partial charge in [0.15, 0.2) is 0 Å². The molecule has 0 aliphatic heterocycles. The molecule has 1 heterocycles. The molecule has 0 aliphatic rings. The third-order valence-electron chi connectivity index (χ3n) is 3.13. The van der Waals surface area contributed by atoms with Gasteiger partial charge in [0, 0.05) is 36.6 Å². The third kappa shape index (κ3) is 5.53. The first-order chi connectivity index (χ1) is 10.3. The lowest BCUT2D eigenvalue weighted by atomic mass is 10.3. The Balaban J connectivity index is 1.75. The van der Waals surface area contributed by atoms with Crippen LogP contribution < -0.4 is 10.1 Å². The topological polar surface area (TPSA) is 35.4 Å². The number of halogens is 1. The van der Waals surface area contributed by atoms with E-state index in [1.54, 1.807) is 7.11 Å². The maximum Gasteiger partial charge on any atom is 0.119 e. The van der Waals surface area contributed by atoms with Gasteiger partial charge in [0.2, 0.25) is 0 Å². The summed E-state index contributed by atoms with van der Waals surface area (Å²) >= 11 is 3.41. The van der Waals surface area contributed by atoms with Crippen molar-refractivity contribution < 1.29 is 9.47 Å². The van der Waals surface area contributed by atoms with Gasteiger partial charge >= 0.3 is 0 Å². The lowest BCUT2D eigenvalue weighted by Gasteiger charge is -2.11. The average Bonchev–Trinajstić information content (AvgIpc) is 2.93. The summed E-state index contributed by atoms with van der Waals surface area (Å²) in [6.07, 6.45) is 2.08. The highest BCUT2D eigenvalue weighted by atomic mass is 79.9. The van der Waals surface area contributed by atoms with Crippen LogP contribution in [0.3, 0.4) is 0 Å². The molecule has 0 fully saturated rings. The van der Waals surface area contributed by atoms with Crippen LogP contribution >= 0.6 is 15.9 Å². The minimum atomic E-state index is 0.654. The molecular formula is C16H21BrN2O2. The minimum Gasteiger partial charge on any atom is -0.492 e. The van der Waals surface area contributed by atoms with Crippen molar-refractivity contribution in [3.8, 4) is 5.75 Å². The molecule has 1 aromatic carbocycles. The number of methoxy groups -OCH3 is 1. The van der Waals surface area contributed by atoms with E-state index in [1.165, 1.54) is 5.69 Å². The Hall–Kier alpha value is -1.30. The van der Waals surface area contributed by atoms with Gasteiger partial charge in [-0.2, -0.15) is 0 Å². The summed E-state index contributed by atoms with van der Waals surface area (Å²) in [7, 11) is 1.71. The Morgan fingerprint density at radius 3 is 2.71 bits per heavy atom. The maximum absolute atomic E-state index is 5.75. The number of nitrogens with one attached hydrogen (secondary N) is 1. The lowest BCUT2D eigenvalue weighted by molar-refractivity contribution is 0.199. The molecule has 0 spiro atoms. The zero-order chi connectivity index (χ0) is 14.9. The van der Waals surface area contributed by atoms with Crippen LogP contribution in [-0.2, 0) is 17.8 Å². The van der Waals surface area contributed by atoms with Gasteiger partial charge in [0.25, 0.3) is 0 Å². The standard InChI is InChI=1S/C16H21BrN2O2/c1-20-11-8-18-13-15-3-2-9-19(15)10-12-21-16-6-4-14(17)5-7-16/h2-7,9,18H,8,10-13H2,1H3. The van der Waals surface area contributed by atoms with E-state index in [0.717, 1.165) is 36.5 Å². The number of nitrogens with zero attached hydrogens (tertiary/aromatic N) is 1. The molecule has 2 rings (SSSR count). The number of hydrogen-bond acceptors (Lipinski definition) is 3. The summed E-state index contributed by atoms with van der Waals surface area (Å²) < 4.78 is 14.0. The van der Waals surface area contributed by atoms with Crippen LogP contribution in [0.4, 0.5) is 0 Å². The predicted molar refractivity (Wildman–Crippen MR) is 87.7 cm³/mol. The van der Waals surface area contributed by atoms with E-state index in [1.807, 2.05) is 24.3 Å². The fourth-order valence-corrected chi connectivity index (χ4v) is 2.28. The molecule has 0 bridgehead atoms. The molecule has 21 heavy (non-hydrogen) atoms. The van der Waals surface area contributed by atoms with Gasteiger partial charge < -0.3 is 19.4 Å². The molecule has 114 valence electrons. The van der Waals surface area contributed by atoms with Crippen LogP contribution in [0, 0.1) is 0 Å². The van der Waals surface area contributed by atoms with Crippen molar-refractivity contribution in [3.63, 3.8) is 0 Å². The molecular weight excluding hydrogens is 332 g/mol. The van der Waals surface area contributed by atoms with Crippen molar-refractivity contribution in [1.29, 1.82) is 0 Å². The largest absolute Gasteiger partial charge is 0.492 e. The monoisotopic (exact) mass is 352 g/mol. The van der Waals surface area contributed by atoms with E-state index in [2.05, 4.69) is 44.1 Å². The van der Waals surface area contributed by atoms with Crippen LogP contribution in [0.25, 0.3) is 0 Å². The second kappa shape index (κ2) is 8.87. The summed E-state index contributed by atoms with van der Waals surface area (Å²) in [6.45, 7) is 3.92. The zero-order valence-electron chi connectivity index (χ0n) is 12.2. The molecule has 0 unspecified atom stereocenters. The van der Waals surface area contributed by atoms with Crippen LogP contribution in [0.5, 0.6) is 5.75 Å². The summed E-state index contributed by atoms with van der Waals surface area (Å²) in [6, 6.07) is 12.1. The van der Waals surface area contributed by atoms with Crippen molar-refractivity contribution in [3.05, 3.63) is 52.8 Å². The van der Waals surface area contributed by atoms with Crippen LogP contribution in [-0.4, -0.2) is 31.4 Å². The molecule has 5 heteroatoms. The lowest BCUT2D eigenvalue weighted by Crippen LogP contribution is -2.21. The van der Waals surface area contributed by atoms with Crippen LogP contribution in [0.15, 0.2) is 47.1 Å². The van der Waals surface area contributed by atoms with Crippen LogP contribution in [0.1, 0.15) is 5.69 Å². The summed E-state index contributed by atoms with van der Waals surface area (Å²) in [4.78, 5) is 0. The first kappa shape index (κ1) is 16.1. The number of rotatable bonds is 9. The fraction of sp³-hybridized carbons (Fsp3) is 0.375. The molecule has 0 saturated carbocycles. The van der Waals surface area contributed by atoms with E-state index in [9.17, 15) is 0 Å². The van der Waals surface area contributed by atoms with E-state index in [-0.39, 0.29) is 0 Å². The molecule has 1 N–H and O–H groups in total. The van der Waals surface area contributed by atoms with E-state index >= 15 is 0 Å². The van der Waals surface area contributed by atoms with Gasteiger partial charge in [-0.1, -0.05) is 15.9 Å². The summed E-state index contributed by atoms with van der Waals surface area (Å²) in [5.41, 5.74) is 1.26. The first-order valence-electron chi connectivity index (χ1n) is 7.01. The predicted octanol–water partition coefficient (Wildman–Crippen LogP) is 3.07. The maximum atomic E-state index is 5.75. The van der Waals surface area contributed by atoms with Gasteiger partial charge in [-0.25, -0.2) is 0 Å². The minimum absolute atomic E-state index is 0.654. The Morgan fingerprint density at radius 2 is 1.95 bits per heavy atom. The molecule has 0 saturated heterocycles. The van der Waals surface area contributed by atoms with Gasteiger partial charge in [0.1, 0.15) is 12.4 Å². The van der Waals surface area contributed by atoms with Crippen molar-refractivity contribution in [1.82, 2.24) is 9.88 Å². The fourth-order valence-electron chi connectivity index (χ4n) is 2.01. The van der Waals surface area contributed by atoms with Crippen molar-refractivity contribution >= 4 is 15.9 Å². The highest BCUT2D eigenvalue weighted by Crippen LogP contribution is 2.16. The number of ether oxygens (including phenoxy) is 2. The molecule has 0 atom stereocenters. The van der Waals surface area contributed by atoms with Gasteiger partial charge in [-0.15, -0.1) is 0 Å². The average molecular weight is 353 g/mol. The van der Waals surface area contributed by atoms with Gasteiger partial charge in [-0.05, 0) is 36.4 Å². The Labute approximate surface area is 134 Å². The zero-order valence-corrected chi connectivity index (χ0v) is 13.8. The van der Waals surface area contributed by atoms with Crippen LogP contribution in [0.2, 0.25) is 0 Å². The second-order valence-electron chi connectivity index (χ2n) is 4.66. The van der Waals surface area contributed by atoms with Crippen molar-refractivity contribution in [2.45, 2.75) is 13.1 Å².